The molecule has 0 amide bonds. The molecule has 3 nitrogen and oxygen atoms in total. The summed E-state index contributed by atoms with van der Waals surface area (Å²) < 4.78 is 0. The number of rotatable bonds is 7. The first-order valence-electron chi connectivity index (χ1n) is 4.48. The molecule has 0 aliphatic carbocycles. The minimum absolute atomic E-state index is 0.368. The summed E-state index contributed by atoms with van der Waals surface area (Å²) in [5.41, 5.74) is -1.49. The smallest absolute Gasteiger partial charge is 0.153 e. The second-order valence-corrected chi connectivity index (χ2v) is 3.19. The largest absolute Gasteiger partial charge is 0.393 e. The summed E-state index contributed by atoms with van der Waals surface area (Å²) in [6, 6.07) is 0. The number of hydrogen-bond acceptors (Lipinski definition) is 3. The predicted octanol–water partition coefficient (Wildman–Crippen LogP) is 0.879. The van der Waals surface area contributed by atoms with Crippen LogP contribution in [0.15, 0.2) is 0 Å². The molecule has 0 aliphatic heterocycles. The van der Waals surface area contributed by atoms with E-state index in [9.17, 15) is 9.90 Å². The summed E-state index contributed by atoms with van der Waals surface area (Å²) >= 11 is 0. The van der Waals surface area contributed by atoms with E-state index in [1.165, 1.54) is 0 Å². The van der Waals surface area contributed by atoms with Crippen LogP contribution in [0.3, 0.4) is 0 Å². The second-order valence-electron chi connectivity index (χ2n) is 3.19. The average Bonchev–Trinajstić information content (AvgIpc) is 2.12. The number of unbranched alkanes of at least 4 members (excludes halogenated alkanes) is 3. The highest BCUT2D eigenvalue weighted by molar-refractivity contribution is 5.61. The fraction of sp³-hybridized carbons (Fsp3) is 0.889. The first-order chi connectivity index (χ1) is 5.68. The zero-order valence-electron chi connectivity index (χ0n) is 7.62. The van der Waals surface area contributed by atoms with Crippen LogP contribution in [-0.4, -0.2) is 28.7 Å². The van der Waals surface area contributed by atoms with Gasteiger partial charge in [0, 0.05) is 0 Å². The quantitative estimate of drug-likeness (QED) is 0.445. The van der Waals surface area contributed by atoms with Crippen molar-refractivity contribution in [3.05, 3.63) is 0 Å². The summed E-state index contributed by atoms with van der Waals surface area (Å²) in [4.78, 5) is 10.3. The van der Waals surface area contributed by atoms with Gasteiger partial charge in [0.05, 0.1) is 6.61 Å². The minimum atomic E-state index is -1.49. The highest BCUT2D eigenvalue weighted by Gasteiger charge is 2.23. The van der Waals surface area contributed by atoms with Gasteiger partial charge in [-0.05, 0) is 6.42 Å². The molecule has 1 unspecified atom stereocenters. The lowest BCUT2D eigenvalue weighted by atomic mass is 9.98. The zero-order chi connectivity index (χ0) is 9.45. The van der Waals surface area contributed by atoms with E-state index in [2.05, 4.69) is 6.92 Å². The van der Waals surface area contributed by atoms with E-state index in [1.807, 2.05) is 0 Å². The third-order valence-corrected chi connectivity index (χ3v) is 1.96. The molecule has 0 saturated heterocycles. The van der Waals surface area contributed by atoms with Crippen LogP contribution in [0.25, 0.3) is 0 Å². The van der Waals surface area contributed by atoms with Crippen LogP contribution in [0.1, 0.15) is 39.0 Å². The maximum atomic E-state index is 10.3. The van der Waals surface area contributed by atoms with Crippen molar-refractivity contribution in [1.29, 1.82) is 0 Å². The predicted molar refractivity (Wildman–Crippen MR) is 46.9 cm³/mol. The molecule has 0 bridgehead atoms. The molecule has 1 atom stereocenters. The van der Waals surface area contributed by atoms with E-state index in [1.54, 1.807) is 0 Å². The molecule has 2 N–H and O–H groups in total. The molecule has 0 rings (SSSR count). The third-order valence-electron chi connectivity index (χ3n) is 1.96. The van der Waals surface area contributed by atoms with Crippen molar-refractivity contribution in [2.45, 2.75) is 44.6 Å². The zero-order valence-corrected chi connectivity index (χ0v) is 7.62. The molecule has 0 aromatic heterocycles. The average molecular weight is 174 g/mol. The van der Waals surface area contributed by atoms with Crippen LogP contribution < -0.4 is 0 Å². The maximum absolute atomic E-state index is 10.3. The standard InChI is InChI=1S/C9H18O3/c1-2-3-4-5-6-9(12,7-10)8-11/h7,11-12H,2-6,8H2,1H3. The Morgan fingerprint density at radius 3 is 2.42 bits per heavy atom. The number of aliphatic hydroxyl groups is 2. The molecule has 0 spiro atoms. The van der Waals surface area contributed by atoms with Crippen molar-refractivity contribution >= 4 is 6.29 Å². The van der Waals surface area contributed by atoms with Crippen molar-refractivity contribution in [1.82, 2.24) is 0 Å². The van der Waals surface area contributed by atoms with Crippen molar-refractivity contribution in [3.63, 3.8) is 0 Å². The van der Waals surface area contributed by atoms with Gasteiger partial charge in [0.15, 0.2) is 6.29 Å². The van der Waals surface area contributed by atoms with Gasteiger partial charge in [-0.1, -0.05) is 32.6 Å². The molecule has 12 heavy (non-hydrogen) atoms. The van der Waals surface area contributed by atoms with Gasteiger partial charge in [0.2, 0.25) is 0 Å². The monoisotopic (exact) mass is 174 g/mol. The Hall–Kier alpha value is -0.410. The third kappa shape index (κ3) is 4.46. The lowest BCUT2D eigenvalue weighted by molar-refractivity contribution is -0.128. The van der Waals surface area contributed by atoms with Gasteiger partial charge in [0.1, 0.15) is 5.60 Å². The first kappa shape index (κ1) is 11.6. The topological polar surface area (TPSA) is 57.5 Å². The SMILES string of the molecule is CCCCCCC(O)(C=O)CO. The fourth-order valence-electron chi connectivity index (χ4n) is 1.03. The van der Waals surface area contributed by atoms with Crippen molar-refractivity contribution in [2.24, 2.45) is 0 Å². The minimum Gasteiger partial charge on any atom is -0.393 e. The van der Waals surface area contributed by atoms with E-state index >= 15 is 0 Å². The Kier molecular flexibility index (Phi) is 5.93. The van der Waals surface area contributed by atoms with Crippen molar-refractivity contribution in [2.75, 3.05) is 6.61 Å². The van der Waals surface area contributed by atoms with Gasteiger partial charge in [-0.25, -0.2) is 0 Å². The number of hydrogen-bond donors (Lipinski definition) is 2. The summed E-state index contributed by atoms with van der Waals surface area (Å²) in [6.07, 6.45) is 4.83. The van der Waals surface area contributed by atoms with E-state index in [-0.39, 0.29) is 0 Å². The molecule has 0 radical (unpaired) electrons. The van der Waals surface area contributed by atoms with Gasteiger partial charge in [-0.15, -0.1) is 0 Å². The highest BCUT2D eigenvalue weighted by Crippen LogP contribution is 2.12. The first-order valence-corrected chi connectivity index (χ1v) is 4.48. The van der Waals surface area contributed by atoms with Crippen LogP contribution in [0.5, 0.6) is 0 Å². The lowest BCUT2D eigenvalue weighted by Gasteiger charge is -2.17. The highest BCUT2D eigenvalue weighted by atomic mass is 16.3. The van der Waals surface area contributed by atoms with Gasteiger partial charge in [-0.2, -0.15) is 0 Å². The lowest BCUT2D eigenvalue weighted by Crippen LogP contribution is -2.34. The Bertz CT molecular complexity index is 125. The molecule has 0 fully saturated rings. The van der Waals surface area contributed by atoms with Gasteiger partial charge >= 0.3 is 0 Å². The molecule has 0 aliphatic rings. The molecular formula is C9H18O3. The number of carbonyl (C=O) groups excluding carboxylic acids is 1. The second kappa shape index (κ2) is 6.14. The molecule has 0 heterocycles. The van der Waals surface area contributed by atoms with Crippen LogP contribution in [0.4, 0.5) is 0 Å². The van der Waals surface area contributed by atoms with Crippen molar-refractivity contribution < 1.29 is 15.0 Å². The molecule has 3 heteroatoms. The molecule has 0 saturated carbocycles. The normalized spacial score (nSPS) is 15.6. The number of aliphatic hydroxyl groups excluding tert-OH is 1. The van der Waals surface area contributed by atoms with Crippen molar-refractivity contribution in [3.8, 4) is 0 Å². The van der Waals surface area contributed by atoms with E-state index in [0.29, 0.717) is 12.7 Å². The summed E-state index contributed by atoms with van der Waals surface area (Å²) in [5.74, 6) is 0. The van der Waals surface area contributed by atoms with Crippen LogP contribution in [-0.2, 0) is 4.79 Å². The molecule has 0 aromatic rings. The van der Waals surface area contributed by atoms with Crippen LogP contribution in [0, 0.1) is 0 Å². The summed E-state index contributed by atoms with van der Waals surface area (Å²) in [6.45, 7) is 1.63. The summed E-state index contributed by atoms with van der Waals surface area (Å²) in [7, 11) is 0. The Labute approximate surface area is 73.4 Å². The van der Waals surface area contributed by atoms with Crippen LogP contribution >= 0.6 is 0 Å². The Morgan fingerprint density at radius 1 is 1.33 bits per heavy atom. The number of carbonyl (C=O) groups is 1. The Balaban J connectivity index is 3.51. The van der Waals surface area contributed by atoms with E-state index in [4.69, 9.17) is 5.11 Å². The fourth-order valence-corrected chi connectivity index (χ4v) is 1.03. The van der Waals surface area contributed by atoms with E-state index < -0.39 is 12.2 Å². The Morgan fingerprint density at radius 2 is 2.00 bits per heavy atom. The van der Waals surface area contributed by atoms with Gasteiger partial charge in [0.25, 0.3) is 0 Å². The summed E-state index contributed by atoms with van der Waals surface area (Å²) in [5, 5.41) is 18.0. The van der Waals surface area contributed by atoms with Gasteiger partial charge in [-0.3, -0.25) is 0 Å². The molecule has 72 valence electrons. The molecule has 0 aromatic carbocycles. The maximum Gasteiger partial charge on any atom is 0.153 e. The molecular weight excluding hydrogens is 156 g/mol. The van der Waals surface area contributed by atoms with E-state index in [0.717, 1.165) is 25.7 Å². The van der Waals surface area contributed by atoms with Gasteiger partial charge < -0.3 is 15.0 Å². The van der Waals surface area contributed by atoms with Crippen LogP contribution in [0.2, 0.25) is 0 Å². The number of aldehydes is 1.